The monoisotopic (exact) mass is 297 g/mol. The molecule has 1 saturated carbocycles. The molecule has 0 heterocycles. The lowest BCUT2D eigenvalue weighted by atomic mass is 10.2. The second-order valence-corrected chi connectivity index (χ2v) is 6.19. The first-order valence-corrected chi connectivity index (χ1v) is 7.39. The number of carbonyl (C=O) groups excluding carboxylic acids is 1. The number of halogens is 1. The van der Waals surface area contributed by atoms with Gasteiger partial charge in [0.25, 0.3) is 0 Å². The number of nitrogens with zero attached hydrogens (tertiary/aromatic N) is 1. The number of hydrogen-bond donors (Lipinski definition) is 2. The van der Waals surface area contributed by atoms with Gasteiger partial charge in [-0.1, -0.05) is 0 Å². The number of amides is 1. The molecule has 0 atom stereocenters. The van der Waals surface area contributed by atoms with Gasteiger partial charge in [-0.3, -0.25) is 4.79 Å². The molecule has 6 nitrogen and oxygen atoms in total. The van der Waals surface area contributed by atoms with Crippen molar-refractivity contribution in [2.45, 2.75) is 23.8 Å². The molecule has 0 saturated heterocycles. The van der Waals surface area contributed by atoms with Crippen LogP contribution >= 0.6 is 0 Å². The van der Waals surface area contributed by atoms with E-state index in [1.165, 1.54) is 0 Å². The average Bonchev–Trinajstić information content (AvgIpc) is 3.21. The summed E-state index contributed by atoms with van der Waals surface area (Å²) >= 11 is 0. The van der Waals surface area contributed by atoms with Crippen LogP contribution in [0.3, 0.4) is 0 Å². The van der Waals surface area contributed by atoms with Crippen LogP contribution in [0.4, 0.5) is 4.39 Å². The number of nitrogens with one attached hydrogen (secondary N) is 2. The van der Waals surface area contributed by atoms with Crippen molar-refractivity contribution in [1.29, 1.82) is 5.26 Å². The summed E-state index contributed by atoms with van der Waals surface area (Å²) in [6, 6.07) is 4.57. The highest BCUT2D eigenvalue weighted by atomic mass is 32.2. The third kappa shape index (κ3) is 3.53. The zero-order valence-corrected chi connectivity index (χ0v) is 11.2. The standard InChI is InChI=1S/C12H12FN3O3S/c13-11-4-3-10(5-8(11)6-14)20(18,19)15-7-12(17)16-9-1-2-9/h3-5,9,15H,1-2,7H2,(H,16,17). The summed E-state index contributed by atoms with van der Waals surface area (Å²) in [6.07, 6.45) is 1.81. The van der Waals surface area contributed by atoms with Crippen LogP contribution < -0.4 is 10.0 Å². The molecule has 1 aliphatic rings. The second kappa shape index (κ2) is 5.56. The Labute approximate surface area is 115 Å². The minimum atomic E-state index is -3.95. The molecule has 8 heteroatoms. The van der Waals surface area contributed by atoms with Crippen LogP contribution in [0.1, 0.15) is 18.4 Å². The predicted octanol–water partition coefficient (Wildman–Crippen LogP) is 0.254. The van der Waals surface area contributed by atoms with Gasteiger partial charge < -0.3 is 5.32 Å². The maximum absolute atomic E-state index is 13.1. The van der Waals surface area contributed by atoms with Crippen molar-refractivity contribution in [3.63, 3.8) is 0 Å². The first kappa shape index (κ1) is 14.4. The van der Waals surface area contributed by atoms with E-state index in [4.69, 9.17) is 5.26 Å². The quantitative estimate of drug-likeness (QED) is 0.814. The highest BCUT2D eigenvalue weighted by Gasteiger charge is 2.24. The van der Waals surface area contributed by atoms with E-state index in [0.717, 1.165) is 31.0 Å². The zero-order chi connectivity index (χ0) is 14.8. The molecule has 0 unspecified atom stereocenters. The van der Waals surface area contributed by atoms with E-state index in [-0.39, 0.29) is 16.5 Å². The molecular formula is C12H12FN3O3S. The number of benzene rings is 1. The number of hydrogen-bond acceptors (Lipinski definition) is 4. The second-order valence-electron chi connectivity index (χ2n) is 4.42. The van der Waals surface area contributed by atoms with Crippen LogP contribution in [0.15, 0.2) is 23.1 Å². The lowest BCUT2D eigenvalue weighted by molar-refractivity contribution is -0.120. The van der Waals surface area contributed by atoms with Crippen molar-refractivity contribution < 1.29 is 17.6 Å². The van der Waals surface area contributed by atoms with Gasteiger partial charge in [0.2, 0.25) is 15.9 Å². The molecule has 2 rings (SSSR count). The van der Waals surface area contributed by atoms with Crippen LogP contribution in [0, 0.1) is 17.1 Å². The van der Waals surface area contributed by atoms with Gasteiger partial charge in [0.05, 0.1) is 17.0 Å². The molecule has 1 aromatic carbocycles. The Bertz CT molecular complexity index is 678. The van der Waals surface area contributed by atoms with Crippen LogP contribution in [0.2, 0.25) is 0 Å². The maximum atomic E-state index is 13.1. The molecular weight excluding hydrogens is 285 g/mol. The van der Waals surface area contributed by atoms with Crippen molar-refractivity contribution in [2.75, 3.05) is 6.54 Å². The van der Waals surface area contributed by atoms with E-state index in [1.807, 2.05) is 0 Å². The predicted molar refractivity (Wildman–Crippen MR) is 67.5 cm³/mol. The molecule has 1 aromatic rings. The maximum Gasteiger partial charge on any atom is 0.241 e. The molecule has 20 heavy (non-hydrogen) atoms. The summed E-state index contributed by atoms with van der Waals surface area (Å²) in [5.41, 5.74) is -0.365. The Morgan fingerprint density at radius 2 is 2.15 bits per heavy atom. The molecule has 0 aromatic heterocycles. The van der Waals surface area contributed by atoms with Gasteiger partial charge in [0.1, 0.15) is 11.9 Å². The van der Waals surface area contributed by atoms with E-state index in [2.05, 4.69) is 10.0 Å². The van der Waals surface area contributed by atoms with Crippen molar-refractivity contribution >= 4 is 15.9 Å². The summed E-state index contributed by atoms with van der Waals surface area (Å²) in [7, 11) is -3.95. The van der Waals surface area contributed by atoms with Crippen LogP contribution in [0.5, 0.6) is 0 Å². The minimum absolute atomic E-state index is 0.142. The summed E-state index contributed by atoms with van der Waals surface area (Å²) in [6.45, 7) is -0.391. The van der Waals surface area contributed by atoms with Gasteiger partial charge in [-0.05, 0) is 31.0 Å². The fourth-order valence-electron chi connectivity index (χ4n) is 1.51. The molecule has 1 fully saturated rings. The minimum Gasteiger partial charge on any atom is -0.352 e. The Morgan fingerprint density at radius 1 is 1.45 bits per heavy atom. The summed E-state index contributed by atoms with van der Waals surface area (Å²) in [5, 5.41) is 11.3. The summed E-state index contributed by atoms with van der Waals surface area (Å²) in [4.78, 5) is 11.1. The molecule has 0 aliphatic heterocycles. The van der Waals surface area contributed by atoms with Gasteiger partial charge in [0, 0.05) is 6.04 Å². The van der Waals surface area contributed by atoms with Gasteiger partial charge in [-0.25, -0.2) is 17.5 Å². The first-order valence-electron chi connectivity index (χ1n) is 5.91. The molecule has 0 bridgehead atoms. The SMILES string of the molecule is N#Cc1cc(S(=O)(=O)NCC(=O)NC2CC2)ccc1F. The number of rotatable bonds is 5. The smallest absolute Gasteiger partial charge is 0.241 e. The summed E-state index contributed by atoms with van der Waals surface area (Å²) < 4.78 is 39.0. The molecule has 1 aliphatic carbocycles. The van der Waals surface area contributed by atoms with Crippen LogP contribution in [0.25, 0.3) is 0 Å². The molecule has 1 amide bonds. The van der Waals surface area contributed by atoms with Gasteiger partial charge >= 0.3 is 0 Å². The Morgan fingerprint density at radius 3 is 2.75 bits per heavy atom. The van der Waals surface area contributed by atoms with E-state index < -0.39 is 28.3 Å². The van der Waals surface area contributed by atoms with Gasteiger partial charge in [-0.15, -0.1) is 0 Å². The zero-order valence-electron chi connectivity index (χ0n) is 10.4. The van der Waals surface area contributed by atoms with Crippen molar-refractivity contribution in [2.24, 2.45) is 0 Å². The third-order valence-electron chi connectivity index (χ3n) is 2.73. The first-order chi connectivity index (χ1) is 9.42. The fourth-order valence-corrected chi connectivity index (χ4v) is 2.52. The van der Waals surface area contributed by atoms with Gasteiger partial charge in [0.15, 0.2) is 0 Å². The molecule has 106 valence electrons. The van der Waals surface area contributed by atoms with E-state index in [0.29, 0.717) is 0 Å². The van der Waals surface area contributed by atoms with Gasteiger partial charge in [-0.2, -0.15) is 5.26 Å². The van der Waals surface area contributed by atoms with Crippen molar-refractivity contribution in [3.8, 4) is 6.07 Å². The molecule has 0 spiro atoms. The normalized spacial score (nSPS) is 14.6. The number of sulfonamides is 1. The highest BCUT2D eigenvalue weighted by Crippen LogP contribution is 2.18. The largest absolute Gasteiger partial charge is 0.352 e. The topological polar surface area (TPSA) is 99.1 Å². The Balaban J connectivity index is 2.05. The number of carbonyl (C=O) groups is 1. The Kier molecular flexibility index (Phi) is 4.01. The average molecular weight is 297 g/mol. The molecule has 0 radical (unpaired) electrons. The Hall–Kier alpha value is -1.98. The number of nitriles is 1. The third-order valence-corrected chi connectivity index (χ3v) is 4.13. The van der Waals surface area contributed by atoms with E-state index >= 15 is 0 Å². The van der Waals surface area contributed by atoms with E-state index in [1.54, 1.807) is 6.07 Å². The molecule has 2 N–H and O–H groups in total. The van der Waals surface area contributed by atoms with E-state index in [9.17, 15) is 17.6 Å². The fraction of sp³-hybridized carbons (Fsp3) is 0.333. The van der Waals surface area contributed by atoms with Crippen LogP contribution in [-0.2, 0) is 14.8 Å². The highest BCUT2D eigenvalue weighted by molar-refractivity contribution is 7.89. The van der Waals surface area contributed by atoms with Crippen molar-refractivity contribution in [1.82, 2.24) is 10.0 Å². The van der Waals surface area contributed by atoms with Crippen molar-refractivity contribution in [3.05, 3.63) is 29.6 Å². The summed E-state index contributed by atoms with van der Waals surface area (Å²) in [5.74, 6) is -1.21. The van der Waals surface area contributed by atoms with Crippen LogP contribution in [-0.4, -0.2) is 26.9 Å². The lowest BCUT2D eigenvalue weighted by Gasteiger charge is -2.07. The lowest BCUT2D eigenvalue weighted by Crippen LogP contribution is -2.37.